The number of ketones is 1. The number of carbonyl (C=O) groups is 2. The third-order valence-corrected chi connectivity index (χ3v) is 6.68. The third kappa shape index (κ3) is 6.75. The van der Waals surface area contributed by atoms with Gasteiger partial charge in [0.25, 0.3) is 0 Å². The zero-order valence-corrected chi connectivity index (χ0v) is 23.4. The highest BCUT2D eigenvalue weighted by atomic mass is 35.5. The summed E-state index contributed by atoms with van der Waals surface area (Å²) in [6.07, 6.45) is 1.57. The maximum atomic E-state index is 12.8. The highest BCUT2D eigenvalue weighted by Crippen LogP contribution is 2.31. The average molecular weight is 540 g/mol. The Hall–Kier alpha value is -3.78. The van der Waals surface area contributed by atoms with Gasteiger partial charge in [0, 0.05) is 24.8 Å². The van der Waals surface area contributed by atoms with Crippen LogP contribution in [0.4, 0.5) is 11.4 Å². The number of ether oxygens (including phenoxy) is 3. The summed E-state index contributed by atoms with van der Waals surface area (Å²) < 4.78 is 16.2. The number of halogens is 1. The van der Waals surface area contributed by atoms with Crippen molar-refractivity contribution in [2.75, 3.05) is 38.8 Å². The van der Waals surface area contributed by atoms with E-state index in [4.69, 9.17) is 30.8 Å². The van der Waals surface area contributed by atoms with Crippen molar-refractivity contribution >= 4 is 40.4 Å². The molecular formula is C29H34ClN3O5. The molecule has 1 aliphatic rings. The van der Waals surface area contributed by atoms with Gasteiger partial charge in [0.2, 0.25) is 11.7 Å². The van der Waals surface area contributed by atoms with E-state index in [1.54, 1.807) is 38.3 Å². The highest BCUT2D eigenvalue weighted by molar-refractivity contribution is 6.49. The van der Waals surface area contributed by atoms with E-state index in [9.17, 15) is 9.59 Å². The van der Waals surface area contributed by atoms with Gasteiger partial charge in [-0.15, -0.1) is 0 Å². The number of hydrogen-bond donors (Lipinski definition) is 1. The number of methoxy groups -OCH3 is 2. The molecule has 1 N–H and O–H groups in total. The number of amides is 1. The second-order valence-corrected chi connectivity index (χ2v) is 9.01. The largest absolute Gasteiger partial charge is 0.497 e. The van der Waals surface area contributed by atoms with Crippen LogP contribution in [0.3, 0.4) is 0 Å². The van der Waals surface area contributed by atoms with Crippen LogP contribution in [0.5, 0.6) is 17.2 Å². The van der Waals surface area contributed by atoms with Crippen molar-refractivity contribution in [3.05, 3.63) is 64.3 Å². The number of nitrogens with zero attached hydrogens (tertiary/aromatic N) is 2. The van der Waals surface area contributed by atoms with Crippen LogP contribution < -0.4 is 24.4 Å². The first kappa shape index (κ1) is 28.8. The molecule has 0 fully saturated rings. The van der Waals surface area contributed by atoms with Crippen LogP contribution in [-0.4, -0.2) is 51.3 Å². The van der Waals surface area contributed by atoms with Crippen LogP contribution in [0.1, 0.15) is 32.8 Å². The minimum Gasteiger partial charge on any atom is -0.497 e. The molecule has 0 spiro atoms. The molecule has 0 radical (unpaired) electrons. The number of benzene rings is 2. The number of nitrogens with one attached hydrogen (secondary N) is 1. The molecule has 1 aliphatic carbocycles. The minimum absolute atomic E-state index is 0.0124. The number of aryl methyl sites for hydroxylation is 1. The topological polar surface area (TPSA) is 89.5 Å². The van der Waals surface area contributed by atoms with Gasteiger partial charge < -0.3 is 24.4 Å². The summed E-state index contributed by atoms with van der Waals surface area (Å²) in [5.41, 5.74) is 4.02. The molecule has 0 aromatic heterocycles. The van der Waals surface area contributed by atoms with Crippen molar-refractivity contribution in [1.82, 2.24) is 5.32 Å². The first-order valence-corrected chi connectivity index (χ1v) is 12.8. The van der Waals surface area contributed by atoms with Gasteiger partial charge in [0.15, 0.2) is 11.5 Å². The second-order valence-electron chi connectivity index (χ2n) is 8.63. The number of aliphatic imine (C=N–C) groups is 1. The van der Waals surface area contributed by atoms with Crippen LogP contribution in [-0.2, 0) is 9.59 Å². The van der Waals surface area contributed by atoms with Crippen molar-refractivity contribution in [3.8, 4) is 17.2 Å². The van der Waals surface area contributed by atoms with E-state index >= 15 is 0 Å². The number of allylic oxidation sites excluding steroid dienone is 3. The quantitative estimate of drug-likeness (QED) is 0.379. The van der Waals surface area contributed by atoms with Crippen molar-refractivity contribution in [2.24, 2.45) is 4.99 Å². The third-order valence-electron chi connectivity index (χ3n) is 6.22. The number of Topliss-reactive ketones (excluding diaryl/α,β-unsaturated/α-hetero) is 1. The molecule has 0 unspecified atom stereocenters. The molecule has 0 saturated heterocycles. The molecule has 0 heterocycles. The summed E-state index contributed by atoms with van der Waals surface area (Å²) >= 11 is 6.34. The molecule has 8 nitrogen and oxygen atoms in total. The average Bonchev–Trinajstić information content (AvgIpc) is 2.92. The molecule has 0 aliphatic heterocycles. The van der Waals surface area contributed by atoms with Gasteiger partial charge in [-0.05, 0) is 75.2 Å². The monoisotopic (exact) mass is 539 g/mol. The molecule has 2 aromatic rings. The summed E-state index contributed by atoms with van der Waals surface area (Å²) in [6, 6.07) is 11.2. The van der Waals surface area contributed by atoms with Crippen molar-refractivity contribution < 1.29 is 23.8 Å². The lowest BCUT2D eigenvalue weighted by atomic mass is 10.0. The van der Waals surface area contributed by atoms with Crippen molar-refractivity contribution in [3.63, 3.8) is 0 Å². The Balaban J connectivity index is 1.73. The molecule has 1 amide bonds. The fourth-order valence-electron chi connectivity index (χ4n) is 3.96. The summed E-state index contributed by atoms with van der Waals surface area (Å²) in [4.78, 5) is 32.4. The Bertz CT molecular complexity index is 1300. The molecular weight excluding hydrogens is 506 g/mol. The fourth-order valence-corrected chi connectivity index (χ4v) is 4.16. The predicted molar refractivity (Wildman–Crippen MR) is 151 cm³/mol. The van der Waals surface area contributed by atoms with Crippen LogP contribution in [0.25, 0.3) is 0 Å². The zero-order chi connectivity index (χ0) is 27.8. The zero-order valence-electron chi connectivity index (χ0n) is 22.7. The highest BCUT2D eigenvalue weighted by Gasteiger charge is 2.25. The molecule has 2 aromatic carbocycles. The molecule has 202 valence electrons. The van der Waals surface area contributed by atoms with Crippen LogP contribution in [0.15, 0.2) is 63.8 Å². The first-order valence-electron chi connectivity index (χ1n) is 12.4. The van der Waals surface area contributed by atoms with Gasteiger partial charge in [-0.3, -0.25) is 9.59 Å². The molecule has 0 bridgehead atoms. The van der Waals surface area contributed by atoms with E-state index < -0.39 is 5.78 Å². The van der Waals surface area contributed by atoms with Crippen LogP contribution in [0, 0.1) is 6.92 Å². The standard InChI is InChI=1S/C29H34ClN3O5/c1-7-33(8-2)20-9-11-22(18(3)15-20)31-23-17-24(29(35)28(30)19(23)4)32-27(34)13-14-38-25-12-10-21(36-5)16-26(25)37-6/h9-12,15-17H,7-8,13-14H2,1-6H3,(H,32,34). The fraction of sp³-hybridized carbons (Fsp3) is 0.345. The number of rotatable bonds is 11. The van der Waals surface area contributed by atoms with E-state index in [0.29, 0.717) is 28.5 Å². The summed E-state index contributed by atoms with van der Waals surface area (Å²) in [6.45, 7) is 9.87. The summed E-state index contributed by atoms with van der Waals surface area (Å²) in [7, 11) is 3.08. The second kappa shape index (κ2) is 13.1. The molecule has 0 atom stereocenters. The van der Waals surface area contributed by atoms with Gasteiger partial charge >= 0.3 is 0 Å². The Morgan fingerprint density at radius 1 is 1.03 bits per heavy atom. The Morgan fingerprint density at radius 3 is 2.39 bits per heavy atom. The van der Waals surface area contributed by atoms with Gasteiger partial charge in [-0.25, -0.2) is 4.99 Å². The summed E-state index contributed by atoms with van der Waals surface area (Å²) in [5.74, 6) is 0.751. The van der Waals surface area contributed by atoms with Crippen molar-refractivity contribution in [1.29, 1.82) is 0 Å². The maximum Gasteiger partial charge on any atom is 0.227 e. The van der Waals surface area contributed by atoms with Crippen LogP contribution >= 0.6 is 11.6 Å². The van der Waals surface area contributed by atoms with Gasteiger partial charge in [0.05, 0.1) is 49.4 Å². The first-order chi connectivity index (χ1) is 18.2. The lowest BCUT2D eigenvalue weighted by molar-refractivity contribution is -0.122. The van der Waals surface area contributed by atoms with E-state index in [1.165, 1.54) is 7.11 Å². The lowest BCUT2D eigenvalue weighted by Crippen LogP contribution is -2.31. The molecule has 9 heteroatoms. The van der Waals surface area contributed by atoms with E-state index in [0.717, 1.165) is 30.0 Å². The predicted octanol–water partition coefficient (Wildman–Crippen LogP) is 5.50. The lowest BCUT2D eigenvalue weighted by Gasteiger charge is -2.22. The molecule has 3 rings (SSSR count). The van der Waals surface area contributed by atoms with Crippen molar-refractivity contribution in [2.45, 2.75) is 34.1 Å². The van der Waals surface area contributed by atoms with Crippen LogP contribution in [0.2, 0.25) is 0 Å². The normalized spacial score (nSPS) is 14.3. The summed E-state index contributed by atoms with van der Waals surface area (Å²) in [5, 5.41) is 2.68. The molecule has 0 saturated carbocycles. The van der Waals surface area contributed by atoms with E-state index in [1.807, 2.05) is 19.1 Å². The maximum absolute atomic E-state index is 12.8. The van der Waals surface area contributed by atoms with E-state index in [2.05, 4.69) is 30.1 Å². The number of carbonyl (C=O) groups excluding carboxylic acids is 2. The van der Waals surface area contributed by atoms with Gasteiger partial charge in [-0.1, -0.05) is 11.6 Å². The van der Waals surface area contributed by atoms with Gasteiger partial charge in [-0.2, -0.15) is 0 Å². The van der Waals surface area contributed by atoms with Gasteiger partial charge in [0.1, 0.15) is 5.75 Å². The Kier molecular flexibility index (Phi) is 9.96. The van der Waals surface area contributed by atoms with E-state index in [-0.39, 0.29) is 29.7 Å². The SMILES string of the molecule is CCN(CC)c1ccc(N=C2C=C(NC(=O)CCOc3ccc(OC)cc3OC)C(=O)C(Cl)=C2C)c(C)c1. The Labute approximate surface area is 228 Å². The number of anilines is 1. The number of hydrogen-bond acceptors (Lipinski definition) is 7. The minimum atomic E-state index is -0.456. The molecule has 38 heavy (non-hydrogen) atoms. The Morgan fingerprint density at radius 2 is 1.76 bits per heavy atom. The smallest absolute Gasteiger partial charge is 0.227 e.